The number of nitrogens with zero attached hydrogens (tertiary/aromatic N) is 4. The molecule has 1 unspecified atom stereocenters. The van der Waals surface area contributed by atoms with Gasteiger partial charge in [0.1, 0.15) is 35.1 Å². The van der Waals surface area contributed by atoms with E-state index in [2.05, 4.69) is 21.0 Å². The molecular formula is C46H51FN5O8P. The Morgan fingerprint density at radius 3 is 1.95 bits per heavy atom. The van der Waals surface area contributed by atoms with Crippen LogP contribution >= 0.6 is 8.53 Å². The molecule has 61 heavy (non-hydrogen) atoms. The van der Waals surface area contributed by atoms with Crippen LogP contribution in [0.5, 0.6) is 11.5 Å². The first-order valence-corrected chi connectivity index (χ1v) is 21.1. The zero-order chi connectivity index (χ0) is 43.5. The molecule has 1 aromatic heterocycles. The lowest BCUT2D eigenvalue weighted by atomic mass is 9.79. The van der Waals surface area contributed by atoms with Gasteiger partial charge in [0.2, 0.25) is 0 Å². The maximum absolute atomic E-state index is 17.7. The van der Waals surface area contributed by atoms with E-state index >= 15 is 4.39 Å². The Morgan fingerprint density at radius 1 is 0.869 bits per heavy atom. The molecule has 1 aliphatic heterocycles. The molecular weight excluding hydrogens is 801 g/mol. The summed E-state index contributed by atoms with van der Waals surface area (Å²) >= 11 is 0. The fourth-order valence-corrected chi connectivity index (χ4v) is 8.95. The molecule has 15 heteroatoms. The lowest BCUT2D eigenvalue weighted by Gasteiger charge is -2.40. The molecule has 1 fully saturated rings. The topological polar surface area (TPSA) is 146 Å². The fourth-order valence-electron chi connectivity index (χ4n) is 7.33. The Bertz CT molecular complexity index is 2220. The van der Waals surface area contributed by atoms with Gasteiger partial charge in [-0.2, -0.15) is 10.2 Å². The predicted molar refractivity (Wildman–Crippen MR) is 230 cm³/mol. The van der Waals surface area contributed by atoms with E-state index in [4.69, 9.17) is 28.0 Å². The maximum atomic E-state index is 17.7. The van der Waals surface area contributed by atoms with Crippen molar-refractivity contribution in [2.75, 3.05) is 32.8 Å². The molecule has 4 aromatic carbocycles. The van der Waals surface area contributed by atoms with Crippen LogP contribution in [0.15, 0.2) is 126 Å². The van der Waals surface area contributed by atoms with Gasteiger partial charge in [0.25, 0.3) is 14.4 Å². The van der Waals surface area contributed by atoms with Crippen LogP contribution < -0.4 is 20.5 Å². The van der Waals surface area contributed by atoms with Crippen LogP contribution in [0.3, 0.4) is 0 Å². The van der Waals surface area contributed by atoms with Crippen LogP contribution in [0.25, 0.3) is 0 Å². The molecule has 5 atom stereocenters. The Morgan fingerprint density at radius 2 is 1.43 bits per heavy atom. The van der Waals surface area contributed by atoms with Crippen molar-refractivity contribution in [1.29, 1.82) is 5.26 Å². The predicted octanol–water partition coefficient (Wildman–Crippen LogP) is 8.42. The van der Waals surface area contributed by atoms with Gasteiger partial charge in [0, 0.05) is 23.8 Å². The summed E-state index contributed by atoms with van der Waals surface area (Å²) in [5, 5.41) is 11.9. The van der Waals surface area contributed by atoms with Crippen molar-refractivity contribution in [2.45, 2.75) is 76.4 Å². The molecule has 1 saturated heterocycles. The van der Waals surface area contributed by atoms with Crippen molar-refractivity contribution < 1.29 is 37.2 Å². The monoisotopic (exact) mass is 851 g/mol. The molecule has 1 amide bonds. The largest absolute Gasteiger partial charge is 0.497 e. The summed E-state index contributed by atoms with van der Waals surface area (Å²) in [7, 11) is 1.38. The van der Waals surface area contributed by atoms with Gasteiger partial charge in [-0.1, -0.05) is 72.8 Å². The van der Waals surface area contributed by atoms with Crippen LogP contribution in [-0.4, -0.2) is 78.0 Å². The molecule has 1 aliphatic rings. The average molecular weight is 852 g/mol. The molecule has 5 aromatic rings. The van der Waals surface area contributed by atoms with Gasteiger partial charge in [-0.3, -0.25) is 9.36 Å². The first kappa shape index (κ1) is 45.0. The Hall–Kier alpha value is -5.52. The van der Waals surface area contributed by atoms with Gasteiger partial charge in [-0.15, -0.1) is 0 Å². The van der Waals surface area contributed by atoms with E-state index in [1.165, 1.54) is 12.3 Å². The van der Waals surface area contributed by atoms with Gasteiger partial charge in [-0.25, -0.2) is 13.9 Å². The SMILES string of the molecule is COc1ccc(C(O[C@H]2[C@H](F)[C@H](n3ccc(NC(=O)c4ccccc4)nc3=O)O[C@@H]2COP(OCCC#N)N(C(C)C)C(C)C)(c2ccccc2)c2ccc(OC)cc2)cc1. The van der Waals surface area contributed by atoms with Gasteiger partial charge in [-0.05, 0) is 86.8 Å². The highest BCUT2D eigenvalue weighted by atomic mass is 31.2. The molecule has 0 radical (unpaired) electrons. The quantitative estimate of drug-likeness (QED) is 0.0485. The minimum atomic E-state index is -1.96. The lowest BCUT2D eigenvalue weighted by Crippen LogP contribution is -2.44. The van der Waals surface area contributed by atoms with Crippen LogP contribution in [0.2, 0.25) is 0 Å². The smallest absolute Gasteiger partial charge is 0.351 e. The maximum Gasteiger partial charge on any atom is 0.351 e. The number of hydrogen-bond acceptors (Lipinski definition) is 11. The Kier molecular flexibility index (Phi) is 15.4. The van der Waals surface area contributed by atoms with Crippen molar-refractivity contribution in [3.05, 3.63) is 154 Å². The number of methoxy groups -OCH3 is 2. The highest BCUT2D eigenvalue weighted by Crippen LogP contribution is 2.49. The van der Waals surface area contributed by atoms with Crippen molar-refractivity contribution in [1.82, 2.24) is 14.2 Å². The van der Waals surface area contributed by atoms with Gasteiger partial charge in [0.15, 0.2) is 12.4 Å². The fraction of sp³-hybridized carbons (Fsp3) is 0.348. The summed E-state index contributed by atoms with van der Waals surface area (Å²) in [4.78, 5) is 30.7. The molecule has 0 bridgehead atoms. The number of carbonyl (C=O) groups is 1. The van der Waals surface area contributed by atoms with Crippen LogP contribution in [0.1, 0.15) is 67.4 Å². The normalized spacial score (nSPS) is 18.2. The van der Waals surface area contributed by atoms with E-state index in [0.29, 0.717) is 33.8 Å². The van der Waals surface area contributed by atoms with E-state index in [0.717, 1.165) is 4.57 Å². The van der Waals surface area contributed by atoms with Crippen LogP contribution in [-0.2, 0) is 24.1 Å². The average Bonchev–Trinajstić information content (AvgIpc) is 3.58. The summed E-state index contributed by atoms with van der Waals surface area (Å²) in [6.07, 6.45) is -4.49. The number of halogens is 1. The van der Waals surface area contributed by atoms with Gasteiger partial charge >= 0.3 is 5.69 Å². The summed E-state index contributed by atoms with van der Waals surface area (Å²) in [6.45, 7) is 7.97. The highest BCUT2D eigenvalue weighted by molar-refractivity contribution is 7.44. The number of anilines is 1. The van der Waals surface area contributed by atoms with E-state index in [1.54, 1.807) is 44.6 Å². The standard InChI is InChI=1S/C46H51FN5O8P/c1-31(2)52(32(3)4)61(57-29-13-27-48)58-30-39-42(41(47)44(59-39)51-28-26-40(50-45(51)54)49-43(53)33-14-9-7-10-15-33)60-46(34-16-11-8-12-17-34,35-18-22-37(55-5)23-19-35)36-20-24-38(56-6)25-21-36/h7-12,14-26,28,31-32,39,41-42,44H,13,29-30H2,1-6H3,(H,49,50,53,54)/t39-,41+,42-,44-,61?/m1/s1. The van der Waals surface area contributed by atoms with E-state index < -0.39 is 50.3 Å². The van der Waals surface area contributed by atoms with Crippen molar-refractivity contribution in [3.8, 4) is 17.6 Å². The van der Waals surface area contributed by atoms with Crippen molar-refractivity contribution >= 4 is 20.3 Å². The minimum absolute atomic E-state index is 0.00663. The number of alkyl halides is 1. The van der Waals surface area contributed by atoms with Crippen molar-refractivity contribution in [3.63, 3.8) is 0 Å². The molecule has 0 aliphatic carbocycles. The number of nitriles is 1. The van der Waals surface area contributed by atoms with E-state index in [-0.39, 0.29) is 37.5 Å². The third kappa shape index (κ3) is 10.3. The molecule has 2 heterocycles. The number of aromatic nitrogens is 2. The molecule has 1 N–H and O–H groups in total. The van der Waals surface area contributed by atoms with Gasteiger partial charge in [0.05, 0.1) is 39.9 Å². The lowest BCUT2D eigenvalue weighted by molar-refractivity contribution is -0.103. The first-order chi connectivity index (χ1) is 29.5. The molecule has 0 spiro atoms. The molecule has 0 saturated carbocycles. The number of rotatable bonds is 19. The number of ether oxygens (including phenoxy) is 4. The summed E-state index contributed by atoms with van der Waals surface area (Å²) in [6, 6.07) is 36.1. The Labute approximate surface area is 356 Å². The van der Waals surface area contributed by atoms with E-state index in [9.17, 15) is 14.9 Å². The summed E-state index contributed by atoms with van der Waals surface area (Å²) < 4.78 is 58.4. The van der Waals surface area contributed by atoms with Crippen LogP contribution in [0.4, 0.5) is 10.2 Å². The molecule has 13 nitrogen and oxygen atoms in total. The number of hydrogen-bond donors (Lipinski definition) is 1. The molecule has 6 rings (SSSR count). The summed E-state index contributed by atoms with van der Waals surface area (Å²) in [5.74, 6) is 0.746. The zero-order valence-electron chi connectivity index (χ0n) is 35.0. The highest BCUT2D eigenvalue weighted by Gasteiger charge is 2.53. The number of nitrogens with one attached hydrogen (secondary N) is 1. The second-order valence-corrected chi connectivity index (χ2v) is 16.2. The zero-order valence-corrected chi connectivity index (χ0v) is 35.9. The second kappa shape index (κ2) is 20.8. The third-order valence-electron chi connectivity index (χ3n) is 10.1. The summed E-state index contributed by atoms with van der Waals surface area (Å²) in [5.41, 5.74) is 0.0586. The second-order valence-electron chi connectivity index (χ2n) is 14.8. The first-order valence-electron chi connectivity index (χ1n) is 20.0. The number of carbonyl (C=O) groups excluding carboxylic acids is 1. The van der Waals surface area contributed by atoms with Crippen LogP contribution in [0, 0.1) is 11.3 Å². The molecule has 320 valence electrons. The third-order valence-corrected chi connectivity index (χ3v) is 12.2. The van der Waals surface area contributed by atoms with Gasteiger partial charge < -0.3 is 33.3 Å². The minimum Gasteiger partial charge on any atom is -0.497 e. The number of benzene rings is 4. The Balaban J connectivity index is 1.45. The number of amides is 1. The van der Waals surface area contributed by atoms with Crippen molar-refractivity contribution in [2.24, 2.45) is 0 Å². The van der Waals surface area contributed by atoms with E-state index in [1.807, 2.05) is 107 Å².